The van der Waals surface area contributed by atoms with Crippen molar-refractivity contribution in [3.05, 3.63) is 71.3 Å². The number of rotatable bonds is 5. The molecular weight excluding hydrogens is 337 g/mol. The van der Waals surface area contributed by atoms with Crippen LogP contribution >= 0.6 is 0 Å². The van der Waals surface area contributed by atoms with Crippen LogP contribution in [0.2, 0.25) is 0 Å². The molecule has 4 heteroatoms. The van der Waals surface area contributed by atoms with E-state index in [1.807, 2.05) is 18.2 Å². The first-order valence-corrected chi connectivity index (χ1v) is 9.14. The van der Waals surface area contributed by atoms with Gasteiger partial charge in [0, 0.05) is 11.3 Å². The normalized spacial score (nSPS) is 24.0. The highest BCUT2D eigenvalue weighted by Gasteiger charge is 2.54. The van der Waals surface area contributed by atoms with Crippen molar-refractivity contribution in [3.8, 4) is 0 Å². The van der Waals surface area contributed by atoms with Gasteiger partial charge in [0.05, 0.1) is 5.56 Å². The van der Waals surface area contributed by atoms with Crippen molar-refractivity contribution in [1.29, 1.82) is 0 Å². The maximum Gasteiger partial charge on any atom is 0.416 e. The fourth-order valence-corrected chi connectivity index (χ4v) is 4.27. The molecule has 2 aromatic carbocycles. The van der Waals surface area contributed by atoms with Gasteiger partial charge >= 0.3 is 6.18 Å². The minimum absolute atomic E-state index is 0.0317. The van der Waals surface area contributed by atoms with Crippen LogP contribution in [0, 0.1) is 11.3 Å². The summed E-state index contributed by atoms with van der Waals surface area (Å²) in [6.07, 6.45) is 0.163. The van der Waals surface area contributed by atoms with E-state index >= 15 is 0 Å². The zero-order valence-corrected chi connectivity index (χ0v) is 14.4. The maximum absolute atomic E-state index is 13.1. The van der Waals surface area contributed by atoms with Gasteiger partial charge in [0.1, 0.15) is 5.78 Å². The fraction of sp³-hybridized carbons (Fsp3) is 0.409. The lowest BCUT2D eigenvalue weighted by Crippen LogP contribution is -2.41. The number of Topliss-reactive ketones (excluding diaryl/α,β-unsaturated/α-hetero) is 1. The largest absolute Gasteiger partial charge is 0.416 e. The number of ketones is 1. The summed E-state index contributed by atoms with van der Waals surface area (Å²) in [5, 5.41) is 0. The third-order valence-electron chi connectivity index (χ3n) is 6.01. The number of benzene rings is 2. The lowest BCUT2D eigenvalue weighted by atomic mass is 9.61. The van der Waals surface area contributed by atoms with E-state index in [4.69, 9.17) is 0 Å². The third kappa shape index (κ3) is 3.17. The predicted octanol–water partition coefficient (Wildman–Crippen LogP) is 5.79. The van der Waals surface area contributed by atoms with Crippen molar-refractivity contribution < 1.29 is 18.0 Å². The Kier molecular flexibility index (Phi) is 4.17. The topological polar surface area (TPSA) is 17.1 Å². The summed E-state index contributed by atoms with van der Waals surface area (Å²) in [6.45, 7) is 0. The number of hydrogen-bond acceptors (Lipinski definition) is 1. The van der Waals surface area contributed by atoms with E-state index in [-0.39, 0.29) is 17.3 Å². The van der Waals surface area contributed by atoms with Crippen molar-refractivity contribution in [3.63, 3.8) is 0 Å². The molecule has 2 aliphatic rings. The SMILES string of the molecule is O=C(C1CC1c1ccc(C(F)(F)F)cc1)C1(Cc2ccccc2)CCC1. The maximum atomic E-state index is 13.1. The van der Waals surface area contributed by atoms with E-state index in [1.165, 1.54) is 17.7 Å². The van der Waals surface area contributed by atoms with Crippen LogP contribution in [0.1, 0.15) is 48.3 Å². The number of halogens is 3. The second kappa shape index (κ2) is 6.26. The van der Waals surface area contributed by atoms with E-state index in [0.717, 1.165) is 49.8 Å². The van der Waals surface area contributed by atoms with Crippen LogP contribution in [0.25, 0.3) is 0 Å². The summed E-state index contributed by atoms with van der Waals surface area (Å²) in [6, 6.07) is 15.4. The summed E-state index contributed by atoms with van der Waals surface area (Å²) in [7, 11) is 0. The molecule has 136 valence electrons. The molecule has 26 heavy (non-hydrogen) atoms. The number of alkyl halides is 3. The molecule has 4 rings (SSSR count). The molecule has 2 atom stereocenters. The molecule has 2 aliphatic carbocycles. The van der Waals surface area contributed by atoms with Gasteiger partial charge in [-0.15, -0.1) is 0 Å². The van der Waals surface area contributed by atoms with Gasteiger partial charge in [0.2, 0.25) is 0 Å². The van der Waals surface area contributed by atoms with E-state index < -0.39 is 11.7 Å². The summed E-state index contributed by atoms with van der Waals surface area (Å²) in [4.78, 5) is 13.1. The Bertz CT molecular complexity index is 788. The standard InChI is InChI=1S/C22H21F3O/c23-22(24,25)17-9-7-16(8-10-17)18-13-19(18)20(26)21(11-4-12-21)14-15-5-2-1-3-6-15/h1-3,5-10,18-19H,4,11-14H2. The number of hydrogen-bond donors (Lipinski definition) is 0. The number of carbonyl (C=O) groups excluding carboxylic acids is 1. The Morgan fingerprint density at radius 3 is 2.19 bits per heavy atom. The summed E-state index contributed by atoms with van der Waals surface area (Å²) >= 11 is 0. The highest BCUT2D eigenvalue weighted by Crippen LogP contribution is 2.56. The van der Waals surface area contributed by atoms with Crippen LogP contribution in [-0.4, -0.2) is 5.78 Å². The molecule has 0 spiro atoms. The molecule has 2 unspecified atom stereocenters. The lowest BCUT2D eigenvalue weighted by molar-refractivity contribution is -0.137. The van der Waals surface area contributed by atoms with E-state index in [0.29, 0.717) is 5.78 Å². The van der Waals surface area contributed by atoms with Crippen LogP contribution in [0.4, 0.5) is 13.2 Å². The quantitative estimate of drug-likeness (QED) is 0.661. The van der Waals surface area contributed by atoms with Crippen molar-refractivity contribution in [2.75, 3.05) is 0 Å². The van der Waals surface area contributed by atoms with Gasteiger partial charge in [-0.25, -0.2) is 0 Å². The first-order chi connectivity index (χ1) is 12.4. The molecule has 0 saturated heterocycles. The van der Waals surface area contributed by atoms with Crippen LogP contribution in [0.3, 0.4) is 0 Å². The third-order valence-corrected chi connectivity index (χ3v) is 6.01. The number of carbonyl (C=O) groups is 1. The van der Waals surface area contributed by atoms with Crippen molar-refractivity contribution in [2.24, 2.45) is 11.3 Å². The zero-order valence-electron chi connectivity index (χ0n) is 14.4. The van der Waals surface area contributed by atoms with Crippen LogP contribution in [0.15, 0.2) is 54.6 Å². The Hall–Kier alpha value is -2.10. The predicted molar refractivity (Wildman–Crippen MR) is 93.7 cm³/mol. The highest BCUT2D eigenvalue weighted by molar-refractivity contribution is 5.91. The molecule has 0 N–H and O–H groups in total. The first-order valence-electron chi connectivity index (χ1n) is 9.14. The second-order valence-corrected chi connectivity index (χ2v) is 7.73. The van der Waals surface area contributed by atoms with Gasteiger partial charge in [0.15, 0.2) is 0 Å². The van der Waals surface area contributed by atoms with Gasteiger partial charge in [-0.2, -0.15) is 13.2 Å². The Balaban J connectivity index is 1.46. The molecule has 0 bridgehead atoms. The first kappa shape index (κ1) is 17.3. The second-order valence-electron chi connectivity index (χ2n) is 7.73. The van der Waals surface area contributed by atoms with Gasteiger partial charge in [-0.1, -0.05) is 48.9 Å². The van der Waals surface area contributed by atoms with E-state index in [1.54, 1.807) is 0 Å². The smallest absolute Gasteiger partial charge is 0.299 e. The molecule has 2 fully saturated rings. The average molecular weight is 358 g/mol. The van der Waals surface area contributed by atoms with E-state index in [9.17, 15) is 18.0 Å². The Morgan fingerprint density at radius 2 is 1.65 bits per heavy atom. The Morgan fingerprint density at radius 1 is 1.00 bits per heavy atom. The van der Waals surface area contributed by atoms with Gasteiger partial charge < -0.3 is 0 Å². The van der Waals surface area contributed by atoms with E-state index in [2.05, 4.69) is 12.1 Å². The summed E-state index contributed by atoms with van der Waals surface area (Å²) < 4.78 is 38.1. The van der Waals surface area contributed by atoms with Gasteiger partial charge in [-0.05, 0) is 54.9 Å². The molecule has 2 aromatic rings. The molecule has 0 aliphatic heterocycles. The van der Waals surface area contributed by atoms with Gasteiger partial charge in [0.25, 0.3) is 0 Å². The van der Waals surface area contributed by atoms with Crippen molar-refractivity contribution in [1.82, 2.24) is 0 Å². The molecular formula is C22H21F3O. The van der Waals surface area contributed by atoms with Crippen LogP contribution in [0.5, 0.6) is 0 Å². The summed E-state index contributed by atoms with van der Waals surface area (Å²) in [5.41, 5.74) is 1.15. The lowest BCUT2D eigenvalue weighted by Gasteiger charge is -2.41. The Labute approximate surface area is 151 Å². The molecule has 0 heterocycles. The minimum Gasteiger partial charge on any atom is -0.299 e. The van der Waals surface area contributed by atoms with Crippen LogP contribution in [-0.2, 0) is 17.4 Å². The van der Waals surface area contributed by atoms with Crippen molar-refractivity contribution >= 4 is 5.78 Å². The summed E-state index contributed by atoms with van der Waals surface area (Å²) in [5.74, 6) is 0.367. The monoisotopic (exact) mass is 358 g/mol. The molecule has 0 aromatic heterocycles. The molecule has 0 radical (unpaired) electrons. The fourth-order valence-electron chi connectivity index (χ4n) is 4.27. The average Bonchev–Trinajstić information content (AvgIpc) is 3.38. The minimum atomic E-state index is -4.32. The molecule has 0 amide bonds. The van der Waals surface area contributed by atoms with Crippen molar-refractivity contribution in [2.45, 2.75) is 44.2 Å². The molecule has 1 nitrogen and oxygen atoms in total. The highest BCUT2D eigenvalue weighted by atomic mass is 19.4. The van der Waals surface area contributed by atoms with Crippen LogP contribution < -0.4 is 0 Å². The van der Waals surface area contributed by atoms with Gasteiger partial charge in [-0.3, -0.25) is 4.79 Å². The zero-order chi connectivity index (χ0) is 18.4. The molecule has 2 saturated carbocycles.